The monoisotopic (exact) mass is 460 g/mol. The number of nitrogens with one attached hydrogen (secondary N) is 2. The molecule has 4 rings (SSSR count). The maximum Gasteiger partial charge on any atom is 0.433 e. The highest BCUT2D eigenvalue weighted by Crippen LogP contribution is 2.30. The molecule has 1 aliphatic rings. The van der Waals surface area contributed by atoms with E-state index in [4.69, 9.17) is 0 Å². The lowest BCUT2D eigenvalue weighted by Crippen LogP contribution is -2.43. The minimum absolute atomic E-state index is 0.00722. The average Bonchev–Trinajstić information content (AvgIpc) is 2.83. The fourth-order valence-corrected chi connectivity index (χ4v) is 3.41. The fourth-order valence-electron chi connectivity index (χ4n) is 3.41. The van der Waals surface area contributed by atoms with Gasteiger partial charge in [-0.1, -0.05) is 0 Å². The minimum Gasteiger partial charge on any atom is -0.354 e. The molecule has 7 nitrogen and oxygen atoms in total. The number of halogens is 4. The van der Waals surface area contributed by atoms with Gasteiger partial charge < -0.3 is 15.5 Å². The highest BCUT2D eigenvalue weighted by Gasteiger charge is 2.32. The lowest BCUT2D eigenvalue weighted by Gasteiger charge is -2.28. The lowest BCUT2D eigenvalue weighted by molar-refractivity contribution is -0.141. The number of pyridine rings is 3. The summed E-state index contributed by atoms with van der Waals surface area (Å²) in [7, 11) is 0. The van der Waals surface area contributed by atoms with Crippen LogP contribution in [0.1, 0.15) is 21.6 Å². The van der Waals surface area contributed by atoms with Crippen LogP contribution in [0.4, 0.5) is 23.4 Å². The molecule has 0 spiro atoms. The van der Waals surface area contributed by atoms with E-state index in [1.54, 1.807) is 12.1 Å². The Labute approximate surface area is 186 Å². The van der Waals surface area contributed by atoms with E-state index in [1.807, 2.05) is 0 Å². The van der Waals surface area contributed by atoms with Crippen LogP contribution in [0, 0.1) is 5.82 Å². The molecule has 3 aromatic rings. The van der Waals surface area contributed by atoms with E-state index in [0.29, 0.717) is 11.1 Å². The number of aromatic nitrogens is 3. The van der Waals surface area contributed by atoms with E-state index in [9.17, 15) is 22.4 Å². The van der Waals surface area contributed by atoms with Crippen LogP contribution in [0.15, 0.2) is 48.9 Å². The van der Waals surface area contributed by atoms with Crippen LogP contribution >= 0.6 is 0 Å². The Morgan fingerprint density at radius 2 is 1.85 bits per heavy atom. The normalized spacial score (nSPS) is 14.2. The van der Waals surface area contributed by atoms with Gasteiger partial charge in [0.25, 0.3) is 5.91 Å². The van der Waals surface area contributed by atoms with Crippen molar-refractivity contribution in [1.82, 2.24) is 25.6 Å². The zero-order valence-electron chi connectivity index (χ0n) is 17.4. The predicted molar refractivity (Wildman–Crippen MR) is 113 cm³/mol. The molecule has 3 aromatic heterocycles. The maximum absolute atomic E-state index is 14.5. The lowest BCUT2D eigenvalue weighted by atomic mass is 10.1. The molecular weight excluding hydrogens is 440 g/mol. The molecule has 4 heterocycles. The first-order valence-electron chi connectivity index (χ1n) is 10.2. The van der Waals surface area contributed by atoms with Crippen molar-refractivity contribution in [3.63, 3.8) is 0 Å². The number of hydrogen-bond acceptors (Lipinski definition) is 6. The summed E-state index contributed by atoms with van der Waals surface area (Å²) in [6.07, 6.45) is -0.905. The molecule has 33 heavy (non-hydrogen) atoms. The Kier molecular flexibility index (Phi) is 6.50. The Bertz CT molecular complexity index is 1130. The topological polar surface area (TPSA) is 83.0 Å². The molecule has 0 aromatic carbocycles. The molecule has 0 unspecified atom stereocenters. The van der Waals surface area contributed by atoms with Crippen LogP contribution in [0.5, 0.6) is 0 Å². The van der Waals surface area contributed by atoms with Crippen molar-refractivity contribution in [1.29, 1.82) is 0 Å². The molecule has 172 valence electrons. The Balaban J connectivity index is 1.40. The van der Waals surface area contributed by atoms with Crippen molar-refractivity contribution >= 4 is 11.7 Å². The number of alkyl halides is 3. The van der Waals surface area contributed by atoms with Crippen LogP contribution < -0.4 is 15.5 Å². The number of carbonyl (C=O) groups excluding carboxylic acids is 1. The molecule has 1 aliphatic heterocycles. The second kappa shape index (κ2) is 9.49. The molecule has 0 radical (unpaired) electrons. The first-order valence-corrected chi connectivity index (χ1v) is 10.2. The van der Waals surface area contributed by atoms with Gasteiger partial charge >= 0.3 is 6.18 Å². The van der Waals surface area contributed by atoms with Gasteiger partial charge in [0.2, 0.25) is 0 Å². The second-order valence-electron chi connectivity index (χ2n) is 7.43. The third-order valence-corrected chi connectivity index (χ3v) is 5.13. The SMILES string of the molecule is O=C(NCc1cnc(-c2ccnc(C(F)(F)F)c2)c(F)c1)c1ccc(N2CCNCC2)nc1. The summed E-state index contributed by atoms with van der Waals surface area (Å²) < 4.78 is 53.1. The number of hydrogen-bond donors (Lipinski definition) is 2. The standard InChI is InChI=1S/C22H20F4N6O/c23-17-9-14(11-30-20(17)15-3-4-28-18(10-15)22(24,25)26)12-31-21(33)16-1-2-19(29-13-16)32-7-5-27-6-8-32/h1-4,9-11,13,27H,5-8,12H2,(H,31,33). The van der Waals surface area contributed by atoms with Gasteiger partial charge in [-0.05, 0) is 35.9 Å². The minimum atomic E-state index is -4.64. The molecule has 1 amide bonds. The molecule has 1 saturated heterocycles. The van der Waals surface area contributed by atoms with E-state index in [2.05, 4.69) is 30.5 Å². The second-order valence-corrected chi connectivity index (χ2v) is 7.43. The summed E-state index contributed by atoms with van der Waals surface area (Å²) in [5.74, 6) is -0.398. The summed E-state index contributed by atoms with van der Waals surface area (Å²) in [6.45, 7) is 3.41. The van der Waals surface area contributed by atoms with Crippen molar-refractivity contribution in [3.05, 3.63) is 71.6 Å². The number of carbonyl (C=O) groups is 1. The third-order valence-electron chi connectivity index (χ3n) is 5.13. The third kappa shape index (κ3) is 5.43. The van der Waals surface area contributed by atoms with E-state index in [0.717, 1.165) is 50.3 Å². The molecule has 1 fully saturated rings. The summed E-state index contributed by atoms with van der Waals surface area (Å²) in [5, 5.41) is 5.92. The Morgan fingerprint density at radius 3 is 2.52 bits per heavy atom. The molecule has 0 atom stereocenters. The predicted octanol–water partition coefficient (Wildman–Crippen LogP) is 3.04. The van der Waals surface area contributed by atoms with Crippen molar-refractivity contribution < 1.29 is 22.4 Å². The first-order chi connectivity index (χ1) is 15.8. The number of nitrogens with zero attached hydrogens (tertiary/aromatic N) is 4. The van der Waals surface area contributed by atoms with Gasteiger partial charge in [-0.25, -0.2) is 9.37 Å². The summed E-state index contributed by atoms with van der Waals surface area (Å²) in [6, 6.07) is 6.56. The molecule has 2 N–H and O–H groups in total. The molecule has 0 aliphatic carbocycles. The van der Waals surface area contributed by atoms with Crippen LogP contribution in [0.2, 0.25) is 0 Å². The van der Waals surface area contributed by atoms with Gasteiger partial charge in [0.15, 0.2) is 0 Å². The van der Waals surface area contributed by atoms with Gasteiger partial charge in [0, 0.05) is 56.9 Å². The smallest absolute Gasteiger partial charge is 0.354 e. The first kappa shape index (κ1) is 22.6. The van der Waals surface area contributed by atoms with Crippen molar-refractivity contribution in [3.8, 4) is 11.3 Å². The Hall–Kier alpha value is -3.60. The van der Waals surface area contributed by atoms with Crippen LogP contribution in [0.25, 0.3) is 11.3 Å². The van der Waals surface area contributed by atoms with E-state index >= 15 is 0 Å². The van der Waals surface area contributed by atoms with Crippen LogP contribution in [-0.2, 0) is 12.7 Å². The zero-order valence-corrected chi connectivity index (χ0v) is 17.4. The Morgan fingerprint density at radius 1 is 1.06 bits per heavy atom. The number of piperazine rings is 1. The summed E-state index contributed by atoms with van der Waals surface area (Å²) in [4.78, 5) is 26.1. The van der Waals surface area contributed by atoms with Crippen molar-refractivity contribution in [2.24, 2.45) is 0 Å². The number of anilines is 1. The quantitative estimate of drug-likeness (QED) is 0.570. The summed E-state index contributed by atoms with van der Waals surface area (Å²) >= 11 is 0. The van der Waals surface area contributed by atoms with Gasteiger partial charge in [0.05, 0.1) is 5.56 Å². The maximum atomic E-state index is 14.5. The van der Waals surface area contributed by atoms with E-state index in [1.165, 1.54) is 18.5 Å². The highest BCUT2D eigenvalue weighted by atomic mass is 19.4. The van der Waals surface area contributed by atoms with Gasteiger partial charge in [-0.15, -0.1) is 0 Å². The van der Waals surface area contributed by atoms with Crippen molar-refractivity contribution in [2.45, 2.75) is 12.7 Å². The highest BCUT2D eigenvalue weighted by molar-refractivity contribution is 5.94. The van der Waals surface area contributed by atoms with Crippen LogP contribution in [-0.4, -0.2) is 47.0 Å². The number of rotatable bonds is 5. The fraction of sp³-hybridized carbons (Fsp3) is 0.273. The molecule has 0 saturated carbocycles. The van der Waals surface area contributed by atoms with Crippen molar-refractivity contribution in [2.75, 3.05) is 31.1 Å². The van der Waals surface area contributed by atoms with Crippen LogP contribution in [0.3, 0.4) is 0 Å². The summed E-state index contributed by atoms with van der Waals surface area (Å²) in [5.41, 5.74) is -0.684. The molecule has 11 heteroatoms. The van der Waals surface area contributed by atoms with Gasteiger partial charge in [-0.3, -0.25) is 14.8 Å². The largest absolute Gasteiger partial charge is 0.433 e. The average molecular weight is 460 g/mol. The molecular formula is C22H20F4N6O. The van der Waals surface area contributed by atoms with Gasteiger partial charge in [0.1, 0.15) is 23.0 Å². The van der Waals surface area contributed by atoms with E-state index in [-0.39, 0.29) is 23.7 Å². The van der Waals surface area contributed by atoms with Gasteiger partial charge in [-0.2, -0.15) is 13.2 Å². The van der Waals surface area contributed by atoms with E-state index < -0.39 is 17.7 Å². The zero-order chi connectivity index (χ0) is 23.4. The number of amides is 1. The molecule has 0 bridgehead atoms.